The largest absolute Gasteiger partial charge is 0.494 e. The molecule has 3 rings (SSSR count). The second-order valence-electron chi connectivity index (χ2n) is 6.90. The second-order valence-corrected chi connectivity index (χ2v) is 6.90. The topological polar surface area (TPSA) is 62.3 Å². The molecule has 0 radical (unpaired) electrons. The molecule has 1 aromatic rings. The molecule has 0 saturated carbocycles. The van der Waals surface area contributed by atoms with E-state index in [9.17, 15) is 9.59 Å². The number of carbonyl (C=O) groups excluding carboxylic acids is 2. The quantitative estimate of drug-likeness (QED) is 0.730. The first-order valence-corrected chi connectivity index (χ1v) is 9.73. The van der Waals surface area contributed by atoms with Gasteiger partial charge >= 0.3 is 0 Å². The fourth-order valence-electron chi connectivity index (χ4n) is 3.41. The number of hydrogen-bond donors (Lipinski definition) is 0. The van der Waals surface area contributed by atoms with E-state index in [1.165, 1.54) is 0 Å². The van der Waals surface area contributed by atoms with Crippen LogP contribution in [-0.2, 0) is 20.7 Å². The average Bonchev–Trinajstić information content (AvgIpc) is 2.70. The third kappa shape index (κ3) is 5.68. The monoisotopic (exact) mass is 375 g/mol. The van der Waals surface area contributed by atoms with E-state index >= 15 is 0 Å². The van der Waals surface area contributed by atoms with Gasteiger partial charge in [0.1, 0.15) is 5.75 Å². The normalized spacial score (nSPS) is 18.4. The number of carbonyl (C=O) groups is 2. The molecule has 0 unspecified atom stereocenters. The summed E-state index contributed by atoms with van der Waals surface area (Å²) in [5.74, 6) is 1.08. The van der Waals surface area contributed by atoms with Gasteiger partial charge in [0.25, 0.3) is 0 Å². The minimum absolute atomic E-state index is 0.111. The van der Waals surface area contributed by atoms with Crippen LogP contribution in [0.15, 0.2) is 24.3 Å². The lowest BCUT2D eigenvalue weighted by molar-refractivity contribution is -0.140. The Morgan fingerprint density at radius 1 is 0.926 bits per heavy atom. The van der Waals surface area contributed by atoms with Crippen LogP contribution in [0.1, 0.15) is 12.5 Å². The highest BCUT2D eigenvalue weighted by Crippen LogP contribution is 2.14. The highest BCUT2D eigenvalue weighted by molar-refractivity contribution is 5.80. The maximum Gasteiger partial charge on any atom is 0.236 e. The fourth-order valence-corrected chi connectivity index (χ4v) is 3.41. The third-order valence-electron chi connectivity index (χ3n) is 5.04. The number of amides is 2. The molecule has 0 spiro atoms. The number of benzene rings is 1. The number of piperazine rings is 1. The van der Waals surface area contributed by atoms with Crippen LogP contribution in [0.25, 0.3) is 0 Å². The van der Waals surface area contributed by atoms with Crippen LogP contribution < -0.4 is 4.74 Å². The second kappa shape index (κ2) is 9.71. The highest BCUT2D eigenvalue weighted by atomic mass is 16.5. The minimum atomic E-state index is 0.111. The van der Waals surface area contributed by atoms with Crippen LogP contribution in [-0.4, -0.2) is 92.1 Å². The van der Waals surface area contributed by atoms with Crippen LogP contribution in [0.5, 0.6) is 5.75 Å². The molecule has 0 aromatic heterocycles. The molecule has 7 heteroatoms. The standard InChI is InChI=1S/C20H29N3O4/c1-2-27-18-5-3-17(4-6-18)15-19(24)22-7-9-23(10-8-22)20(25)16-21-11-13-26-14-12-21/h3-6H,2,7-16H2,1H3. The minimum Gasteiger partial charge on any atom is -0.494 e. The Labute approximate surface area is 160 Å². The summed E-state index contributed by atoms with van der Waals surface area (Å²) in [6, 6.07) is 7.67. The first-order valence-electron chi connectivity index (χ1n) is 9.73. The molecule has 148 valence electrons. The van der Waals surface area contributed by atoms with Crippen molar-refractivity contribution >= 4 is 11.8 Å². The molecule has 2 heterocycles. The average molecular weight is 375 g/mol. The fraction of sp³-hybridized carbons (Fsp3) is 0.600. The Hall–Kier alpha value is -2.12. The van der Waals surface area contributed by atoms with Crippen LogP contribution in [0.3, 0.4) is 0 Å². The first kappa shape index (κ1) is 19.6. The van der Waals surface area contributed by atoms with E-state index in [0.717, 1.165) is 24.4 Å². The van der Waals surface area contributed by atoms with Gasteiger partial charge in [-0.25, -0.2) is 0 Å². The number of ether oxygens (including phenoxy) is 2. The Morgan fingerprint density at radius 2 is 1.52 bits per heavy atom. The van der Waals surface area contributed by atoms with E-state index in [1.807, 2.05) is 41.0 Å². The summed E-state index contributed by atoms with van der Waals surface area (Å²) >= 11 is 0. The van der Waals surface area contributed by atoms with Gasteiger partial charge in [-0.2, -0.15) is 0 Å². The molecule has 2 fully saturated rings. The maximum absolute atomic E-state index is 12.5. The van der Waals surface area contributed by atoms with Gasteiger partial charge in [0.05, 0.1) is 32.8 Å². The molecule has 2 aliphatic rings. The third-order valence-corrected chi connectivity index (χ3v) is 5.04. The van der Waals surface area contributed by atoms with Crippen molar-refractivity contribution in [2.24, 2.45) is 0 Å². The smallest absolute Gasteiger partial charge is 0.236 e. The van der Waals surface area contributed by atoms with Gasteiger partial charge in [-0.05, 0) is 24.6 Å². The Morgan fingerprint density at radius 3 is 2.11 bits per heavy atom. The van der Waals surface area contributed by atoms with E-state index in [2.05, 4.69) is 4.90 Å². The summed E-state index contributed by atoms with van der Waals surface area (Å²) in [6.07, 6.45) is 0.383. The van der Waals surface area contributed by atoms with E-state index in [1.54, 1.807) is 0 Å². The van der Waals surface area contributed by atoms with Crippen LogP contribution in [0, 0.1) is 0 Å². The Balaban J connectivity index is 1.42. The van der Waals surface area contributed by atoms with E-state index < -0.39 is 0 Å². The predicted octanol–water partition coefficient (Wildman–Crippen LogP) is 0.631. The van der Waals surface area contributed by atoms with Crippen LogP contribution in [0.4, 0.5) is 0 Å². The highest BCUT2D eigenvalue weighted by Gasteiger charge is 2.25. The SMILES string of the molecule is CCOc1ccc(CC(=O)N2CCN(C(=O)CN3CCOCC3)CC2)cc1. The van der Waals surface area contributed by atoms with E-state index in [-0.39, 0.29) is 11.8 Å². The van der Waals surface area contributed by atoms with Gasteiger partial charge in [-0.15, -0.1) is 0 Å². The van der Waals surface area contributed by atoms with Crippen molar-refractivity contribution in [3.05, 3.63) is 29.8 Å². The zero-order valence-corrected chi connectivity index (χ0v) is 16.1. The number of rotatable bonds is 6. The van der Waals surface area contributed by atoms with E-state index in [4.69, 9.17) is 9.47 Å². The Kier molecular flexibility index (Phi) is 7.06. The van der Waals surface area contributed by atoms with Crippen molar-refractivity contribution in [3.63, 3.8) is 0 Å². The van der Waals surface area contributed by atoms with Gasteiger partial charge in [0.2, 0.25) is 11.8 Å². The maximum atomic E-state index is 12.5. The van der Waals surface area contributed by atoms with Crippen molar-refractivity contribution in [1.82, 2.24) is 14.7 Å². The molecular formula is C20H29N3O4. The van der Waals surface area contributed by atoms with E-state index in [0.29, 0.717) is 59.0 Å². The molecule has 0 aliphatic carbocycles. The molecule has 0 bridgehead atoms. The summed E-state index contributed by atoms with van der Waals surface area (Å²) in [5.41, 5.74) is 0.981. The van der Waals surface area contributed by atoms with Gasteiger partial charge < -0.3 is 19.3 Å². The molecule has 7 nitrogen and oxygen atoms in total. The van der Waals surface area contributed by atoms with Crippen LogP contribution in [0.2, 0.25) is 0 Å². The summed E-state index contributed by atoms with van der Waals surface area (Å²) in [6.45, 7) is 8.46. The van der Waals surface area contributed by atoms with Crippen LogP contribution >= 0.6 is 0 Å². The predicted molar refractivity (Wildman–Crippen MR) is 102 cm³/mol. The molecule has 1 aromatic carbocycles. The van der Waals surface area contributed by atoms with Crippen molar-refractivity contribution in [2.45, 2.75) is 13.3 Å². The van der Waals surface area contributed by atoms with Crippen molar-refractivity contribution in [3.8, 4) is 5.75 Å². The molecule has 0 atom stereocenters. The molecule has 2 amide bonds. The first-order chi connectivity index (χ1) is 13.2. The number of morpholine rings is 1. The van der Waals surface area contributed by atoms with Gasteiger partial charge in [0, 0.05) is 39.3 Å². The van der Waals surface area contributed by atoms with Gasteiger partial charge in [-0.3, -0.25) is 14.5 Å². The summed E-state index contributed by atoms with van der Waals surface area (Å²) in [7, 11) is 0. The van der Waals surface area contributed by atoms with Gasteiger partial charge in [-0.1, -0.05) is 12.1 Å². The zero-order valence-electron chi connectivity index (χ0n) is 16.1. The Bertz CT molecular complexity index is 621. The molecule has 0 N–H and O–H groups in total. The zero-order chi connectivity index (χ0) is 19.1. The summed E-state index contributed by atoms with van der Waals surface area (Å²) in [5, 5.41) is 0. The lowest BCUT2D eigenvalue weighted by Crippen LogP contribution is -2.53. The summed E-state index contributed by atoms with van der Waals surface area (Å²) in [4.78, 5) is 30.8. The number of hydrogen-bond acceptors (Lipinski definition) is 5. The van der Waals surface area contributed by atoms with Gasteiger partial charge in [0.15, 0.2) is 0 Å². The van der Waals surface area contributed by atoms with Crippen molar-refractivity contribution in [1.29, 1.82) is 0 Å². The molecule has 2 aliphatic heterocycles. The lowest BCUT2D eigenvalue weighted by atomic mass is 10.1. The summed E-state index contributed by atoms with van der Waals surface area (Å²) < 4.78 is 10.7. The van der Waals surface area contributed by atoms with Crippen molar-refractivity contribution in [2.75, 3.05) is 65.6 Å². The number of nitrogens with zero attached hydrogens (tertiary/aromatic N) is 3. The van der Waals surface area contributed by atoms with Crippen molar-refractivity contribution < 1.29 is 19.1 Å². The lowest BCUT2D eigenvalue weighted by Gasteiger charge is -2.36. The molecule has 2 saturated heterocycles. The molecular weight excluding hydrogens is 346 g/mol. The molecule has 27 heavy (non-hydrogen) atoms.